The fourth-order valence-corrected chi connectivity index (χ4v) is 7.51. The Hall–Kier alpha value is -6.32. The summed E-state index contributed by atoms with van der Waals surface area (Å²) in [5, 5.41) is 9.53. The number of aromatic nitrogens is 1. The van der Waals surface area contributed by atoms with Crippen LogP contribution in [0.15, 0.2) is 174 Å². The van der Waals surface area contributed by atoms with E-state index >= 15 is 0 Å². The molecule has 0 radical (unpaired) electrons. The van der Waals surface area contributed by atoms with Crippen LogP contribution in [0.3, 0.4) is 0 Å². The van der Waals surface area contributed by atoms with Gasteiger partial charge >= 0.3 is 0 Å². The largest absolute Gasteiger partial charge is 0.456 e. The number of anilines is 3. The third-order valence-corrected chi connectivity index (χ3v) is 9.51. The highest BCUT2D eigenvalue weighted by molar-refractivity contribution is 6.24. The van der Waals surface area contributed by atoms with Gasteiger partial charge in [0.05, 0.1) is 22.1 Å². The fraction of sp³-hybridized carbons (Fsp3) is 0. The first-order valence-electron chi connectivity index (χ1n) is 16.0. The zero-order valence-corrected chi connectivity index (χ0v) is 25.5. The van der Waals surface area contributed by atoms with E-state index in [2.05, 4.69) is 173 Å². The average molecular weight is 601 g/mol. The Morgan fingerprint density at radius 1 is 0.404 bits per heavy atom. The second kappa shape index (κ2) is 10.1. The third kappa shape index (κ3) is 3.87. The second-order valence-electron chi connectivity index (χ2n) is 12.1. The van der Waals surface area contributed by atoms with Crippen LogP contribution < -0.4 is 4.90 Å². The third-order valence-electron chi connectivity index (χ3n) is 9.51. The molecule has 0 amide bonds. The molecule has 0 atom stereocenters. The molecular weight excluding hydrogens is 572 g/mol. The predicted molar refractivity (Wildman–Crippen MR) is 198 cm³/mol. The van der Waals surface area contributed by atoms with Gasteiger partial charge in [-0.05, 0) is 70.8 Å². The van der Waals surface area contributed by atoms with Gasteiger partial charge in [-0.2, -0.15) is 0 Å². The number of furan rings is 1. The minimum atomic E-state index is 0.881. The minimum absolute atomic E-state index is 0.881. The number of hydrogen-bond acceptors (Lipinski definition) is 2. The van der Waals surface area contributed by atoms with Gasteiger partial charge in [0.15, 0.2) is 0 Å². The molecule has 10 aromatic rings. The van der Waals surface area contributed by atoms with Crippen molar-refractivity contribution in [2.45, 2.75) is 0 Å². The predicted octanol–water partition coefficient (Wildman–Crippen LogP) is 12.5. The first-order valence-corrected chi connectivity index (χ1v) is 16.0. The molecule has 0 aliphatic carbocycles. The van der Waals surface area contributed by atoms with E-state index in [9.17, 15) is 0 Å². The van der Waals surface area contributed by atoms with Crippen LogP contribution >= 0.6 is 0 Å². The molecule has 0 saturated carbocycles. The van der Waals surface area contributed by atoms with E-state index < -0.39 is 0 Å². The maximum atomic E-state index is 6.52. The van der Waals surface area contributed by atoms with Gasteiger partial charge in [-0.1, -0.05) is 115 Å². The van der Waals surface area contributed by atoms with Gasteiger partial charge < -0.3 is 13.9 Å². The van der Waals surface area contributed by atoms with Crippen LogP contribution in [0.4, 0.5) is 17.1 Å². The summed E-state index contributed by atoms with van der Waals surface area (Å²) in [4.78, 5) is 2.41. The van der Waals surface area contributed by atoms with Crippen LogP contribution in [0.1, 0.15) is 0 Å². The first kappa shape index (κ1) is 26.0. The molecule has 0 aliphatic heterocycles. The van der Waals surface area contributed by atoms with Crippen molar-refractivity contribution in [3.8, 4) is 5.69 Å². The van der Waals surface area contributed by atoms with Crippen molar-refractivity contribution in [2.75, 3.05) is 4.90 Å². The SMILES string of the molecule is c1ccc(N(c2ccc3c4c5ccccc5ccc4n(-c4ccccc4)c3c2)c2c3ccccc3cc3oc4ccccc4c23)cc1. The van der Waals surface area contributed by atoms with Crippen molar-refractivity contribution in [1.29, 1.82) is 0 Å². The molecule has 10 rings (SSSR count). The molecule has 2 heterocycles. The van der Waals surface area contributed by atoms with Crippen LogP contribution in [-0.2, 0) is 0 Å². The van der Waals surface area contributed by atoms with E-state index in [-0.39, 0.29) is 0 Å². The molecule has 0 bridgehead atoms. The maximum Gasteiger partial charge on any atom is 0.138 e. The summed E-state index contributed by atoms with van der Waals surface area (Å²) in [6.45, 7) is 0. The van der Waals surface area contributed by atoms with E-state index in [0.29, 0.717) is 0 Å². The van der Waals surface area contributed by atoms with Crippen molar-refractivity contribution < 1.29 is 4.42 Å². The Kier molecular flexibility index (Phi) is 5.57. The number of para-hydroxylation sites is 3. The summed E-state index contributed by atoms with van der Waals surface area (Å²) in [6, 6.07) is 60.7. The lowest BCUT2D eigenvalue weighted by Crippen LogP contribution is -2.11. The molecule has 0 saturated heterocycles. The van der Waals surface area contributed by atoms with Crippen LogP contribution in [0.25, 0.3) is 71.0 Å². The molecule has 47 heavy (non-hydrogen) atoms. The monoisotopic (exact) mass is 600 g/mol. The molecule has 3 nitrogen and oxygen atoms in total. The molecular formula is C44H28N2O. The van der Waals surface area contributed by atoms with E-state index in [1.54, 1.807) is 0 Å². The van der Waals surface area contributed by atoms with E-state index in [1.165, 1.54) is 32.4 Å². The van der Waals surface area contributed by atoms with Crippen molar-refractivity contribution in [1.82, 2.24) is 4.57 Å². The van der Waals surface area contributed by atoms with E-state index in [1.807, 2.05) is 6.07 Å². The highest BCUT2D eigenvalue weighted by Crippen LogP contribution is 2.48. The number of fused-ring (bicyclic) bond motifs is 9. The topological polar surface area (TPSA) is 21.3 Å². The van der Waals surface area contributed by atoms with Crippen LogP contribution in [0, 0.1) is 0 Å². The summed E-state index contributed by atoms with van der Waals surface area (Å²) in [7, 11) is 0. The molecule has 0 fully saturated rings. The van der Waals surface area contributed by atoms with Gasteiger partial charge in [0.25, 0.3) is 0 Å². The Bertz CT molecular complexity index is 2790. The lowest BCUT2D eigenvalue weighted by Gasteiger charge is -2.28. The second-order valence-corrected chi connectivity index (χ2v) is 12.1. The maximum absolute atomic E-state index is 6.52. The Morgan fingerprint density at radius 2 is 1.09 bits per heavy atom. The van der Waals surface area contributed by atoms with E-state index in [4.69, 9.17) is 4.42 Å². The number of rotatable bonds is 4. The smallest absolute Gasteiger partial charge is 0.138 e. The highest BCUT2D eigenvalue weighted by Gasteiger charge is 2.24. The van der Waals surface area contributed by atoms with Gasteiger partial charge in [0.2, 0.25) is 0 Å². The summed E-state index contributed by atoms with van der Waals surface area (Å²) in [6.07, 6.45) is 0. The molecule has 0 unspecified atom stereocenters. The Labute approximate surface area is 271 Å². The number of hydrogen-bond donors (Lipinski definition) is 0. The highest BCUT2D eigenvalue weighted by atomic mass is 16.3. The van der Waals surface area contributed by atoms with Gasteiger partial charge in [-0.3, -0.25) is 0 Å². The molecule has 0 spiro atoms. The quantitative estimate of drug-likeness (QED) is 0.200. The first-order chi connectivity index (χ1) is 23.3. The lowest BCUT2D eigenvalue weighted by molar-refractivity contribution is 0.669. The van der Waals surface area contributed by atoms with Crippen molar-refractivity contribution in [2.24, 2.45) is 0 Å². The van der Waals surface area contributed by atoms with Crippen LogP contribution in [0.2, 0.25) is 0 Å². The molecule has 2 aromatic heterocycles. The number of benzene rings is 8. The molecule has 3 heteroatoms. The number of nitrogens with zero attached hydrogens (tertiary/aromatic N) is 2. The van der Waals surface area contributed by atoms with Gasteiger partial charge in [0, 0.05) is 38.6 Å². The fourth-order valence-electron chi connectivity index (χ4n) is 7.51. The summed E-state index contributed by atoms with van der Waals surface area (Å²) >= 11 is 0. The molecule has 220 valence electrons. The molecule has 0 N–H and O–H groups in total. The van der Waals surface area contributed by atoms with Gasteiger partial charge in [-0.25, -0.2) is 0 Å². The van der Waals surface area contributed by atoms with Crippen LogP contribution in [0.5, 0.6) is 0 Å². The molecule has 8 aromatic carbocycles. The minimum Gasteiger partial charge on any atom is -0.456 e. The molecule has 0 aliphatic rings. The zero-order valence-electron chi connectivity index (χ0n) is 25.5. The summed E-state index contributed by atoms with van der Waals surface area (Å²) in [5.74, 6) is 0. The van der Waals surface area contributed by atoms with Crippen molar-refractivity contribution in [3.63, 3.8) is 0 Å². The summed E-state index contributed by atoms with van der Waals surface area (Å²) < 4.78 is 8.93. The van der Waals surface area contributed by atoms with E-state index in [0.717, 1.165) is 55.6 Å². The van der Waals surface area contributed by atoms with Gasteiger partial charge in [0.1, 0.15) is 11.2 Å². The normalized spacial score (nSPS) is 11.8. The summed E-state index contributed by atoms with van der Waals surface area (Å²) in [5.41, 5.74) is 8.54. The Balaban J connectivity index is 1.36. The van der Waals surface area contributed by atoms with Crippen molar-refractivity contribution >= 4 is 82.4 Å². The Morgan fingerprint density at radius 3 is 1.91 bits per heavy atom. The lowest BCUT2D eigenvalue weighted by atomic mass is 10.0. The van der Waals surface area contributed by atoms with Crippen molar-refractivity contribution in [3.05, 3.63) is 170 Å². The van der Waals surface area contributed by atoms with Gasteiger partial charge in [-0.15, -0.1) is 0 Å². The average Bonchev–Trinajstić information content (AvgIpc) is 3.67. The standard InChI is InChI=1S/C44H28N2O/c1-3-15-31(16-4-1)45(44-35-20-10-8-14-30(35)27-41-43(44)37-21-11-12-22-40(37)47-41)33-24-25-36-39(28-33)46(32-17-5-2-6-18-32)38-26-23-29-13-7-9-19-34(29)42(36)38/h1-28H. The van der Waals surface area contributed by atoms with Crippen LogP contribution in [-0.4, -0.2) is 4.57 Å². The zero-order chi connectivity index (χ0) is 30.9.